The highest BCUT2D eigenvalue weighted by molar-refractivity contribution is 5.80. The molecule has 2 heteroatoms. The van der Waals surface area contributed by atoms with Gasteiger partial charge in [-0.05, 0) is 19.8 Å². The van der Waals surface area contributed by atoms with Crippen LogP contribution in [0.3, 0.4) is 0 Å². The van der Waals surface area contributed by atoms with Crippen molar-refractivity contribution in [3.8, 4) is 11.8 Å². The van der Waals surface area contributed by atoms with Crippen molar-refractivity contribution in [2.24, 2.45) is 0 Å². The fraction of sp³-hybridized carbons (Fsp3) is 0.769. The third kappa shape index (κ3) is 2.41. The maximum absolute atomic E-state index is 11.5. The molecular formula is C13H19NO. The second-order valence-corrected chi connectivity index (χ2v) is 4.60. The zero-order valence-electron chi connectivity index (χ0n) is 9.46. The Kier molecular flexibility index (Phi) is 3.43. The molecule has 82 valence electrons. The number of rotatable bonds is 2. The first-order chi connectivity index (χ1) is 7.31. The van der Waals surface area contributed by atoms with Gasteiger partial charge in [0.2, 0.25) is 0 Å². The third-order valence-corrected chi connectivity index (χ3v) is 3.61. The maximum Gasteiger partial charge on any atom is 0.136 e. The molecule has 0 N–H and O–H groups in total. The molecule has 2 fully saturated rings. The Labute approximate surface area is 92.0 Å². The minimum absolute atomic E-state index is 0.475. The number of hydrogen-bond donors (Lipinski definition) is 0. The van der Waals surface area contributed by atoms with Gasteiger partial charge in [-0.25, -0.2) is 0 Å². The zero-order chi connectivity index (χ0) is 10.7. The molecule has 0 aliphatic carbocycles. The minimum atomic E-state index is 0.475. The standard InChI is InChI=1S/C13H19NO/c1-2-3-4-8-14-11-6-5-7-12(14)10-13(15)9-11/h11-12H,4-10H2,1H3. The van der Waals surface area contributed by atoms with Crippen LogP contribution in [0.5, 0.6) is 0 Å². The lowest BCUT2D eigenvalue weighted by Gasteiger charge is -2.45. The van der Waals surface area contributed by atoms with Crippen LogP contribution in [0.1, 0.15) is 45.4 Å². The van der Waals surface area contributed by atoms with Gasteiger partial charge in [0.1, 0.15) is 5.78 Å². The molecule has 0 aromatic carbocycles. The molecular weight excluding hydrogens is 186 g/mol. The van der Waals surface area contributed by atoms with Gasteiger partial charge in [0.05, 0.1) is 0 Å². The number of carbonyl (C=O) groups excluding carboxylic acids is 1. The van der Waals surface area contributed by atoms with Gasteiger partial charge >= 0.3 is 0 Å². The summed E-state index contributed by atoms with van der Waals surface area (Å²) in [5, 5.41) is 0. The summed E-state index contributed by atoms with van der Waals surface area (Å²) in [6.45, 7) is 2.95. The monoisotopic (exact) mass is 205 g/mol. The number of hydrogen-bond acceptors (Lipinski definition) is 2. The summed E-state index contributed by atoms with van der Waals surface area (Å²) in [6.07, 6.45) is 6.26. The molecule has 2 atom stereocenters. The summed E-state index contributed by atoms with van der Waals surface area (Å²) < 4.78 is 0. The molecule has 2 unspecified atom stereocenters. The Morgan fingerprint density at radius 2 is 2.00 bits per heavy atom. The van der Waals surface area contributed by atoms with Gasteiger partial charge in [-0.15, -0.1) is 11.8 Å². The molecule has 0 aromatic rings. The van der Waals surface area contributed by atoms with Gasteiger partial charge in [-0.3, -0.25) is 9.69 Å². The molecule has 0 aromatic heterocycles. The molecule has 0 radical (unpaired) electrons. The Bertz CT molecular complexity index is 283. The van der Waals surface area contributed by atoms with Gasteiger partial charge in [0.15, 0.2) is 0 Å². The van der Waals surface area contributed by atoms with E-state index in [1.54, 1.807) is 0 Å². The smallest absolute Gasteiger partial charge is 0.136 e. The highest BCUT2D eigenvalue weighted by Gasteiger charge is 2.36. The lowest BCUT2D eigenvalue weighted by Crippen LogP contribution is -2.52. The molecule has 2 aliphatic rings. The van der Waals surface area contributed by atoms with E-state index in [-0.39, 0.29) is 0 Å². The lowest BCUT2D eigenvalue weighted by molar-refractivity contribution is -0.127. The van der Waals surface area contributed by atoms with Crippen LogP contribution in [0.25, 0.3) is 0 Å². The number of ketones is 1. The summed E-state index contributed by atoms with van der Waals surface area (Å²) in [5.74, 6) is 6.53. The van der Waals surface area contributed by atoms with Gasteiger partial charge in [0.25, 0.3) is 0 Å². The number of fused-ring (bicyclic) bond motifs is 2. The topological polar surface area (TPSA) is 20.3 Å². The summed E-state index contributed by atoms with van der Waals surface area (Å²) in [7, 11) is 0. The molecule has 0 spiro atoms. The van der Waals surface area contributed by atoms with Crippen LogP contribution < -0.4 is 0 Å². The fourth-order valence-corrected chi connectivity index (χ4v) is 2.94. The largest absolute Gasteiger partial charge is 0.300 e. The highest BCUT2D eigenvalue weighted by Crippen LogP contribution is 2.32. The molecule has 2 rings (SSSR count). The first kappa shape index (κ1) is 10.7. The van der Waals surface area contributed by atoms with Crippen LogP contribution in [0.4, 0.5) is 0 Å². The quantitative estimate of drug-likeness (QED) is 0.642. The second-order valence-electron chi connectivity index (χ2n) is 4.60. The Balaban J connectivity index is 1.96. The first-order valence-electron chi connectivity index (χ1n) is 5.98. The SMILES string of the molecule is CC#CCCN1C2CCCC1CC(=O)C2. The Morgan fingerprint density at radius 3 is 2.60 bits per heavy atom. The van der Waals surface area contributed by atoms with E-state index in [1.807, 2.05) is 6.92 Å². The average molecular weight is 205 g/mol. The minimum Gasteiger partial charge on any atom is -0.300 e. The number of carbonyl (C=O) groups is 1. The highest BCUT2D eigenvalue weighted by atomic mass is 16.1. The van der Waals surface area contributed by atoms with Crippen molar-refractivity contribution in [2.75, 3.05) is 6.54 Å². The van der Waals surface area contributed by atoms with Crippen LogP contribution in [-0.2, 0) is 4.79 Å². The van der Waals surface area contributed by atoms with E-state index in [2.05, 4.69) is 16.7 Å². The summed E-state index contributed by atoms with van der Waals surface area (Å²) in [6, 6.07) is 1.06. The summed E-state index contributed by atoms with van der Waals surface area (Å²) in [5.41, 5.74) is 0. The van der Waals surface area contributed by atoms with Crippen molar-refractivity contribution in [2.45, 2.75) is 57.5 Å². The normalized spacial score (nSPS) is 30.9. The zero-order valence-corrected chi connectivity index (χ0v) is 9.46. The molecule has 2 saturated heterocycles. The van der Waals surface area contributed by atoms with E-state index in [4.69, 9.17) is 0 Å². The first-order valence-corrected chi connectivity index (χ1v) is 5.98. The number of nitrogens with zero attached hydrogens (tertiary/aromatic N) is 1. The molecule has 2 aliphatic heterocycles. The fourth-order valence-electron chi connectivity index (χ4n) is 2.94. The van der Waals surface area contributed by atoms with Crippen molar-refractivity contribution in [3.63, 3.8) is 0 Å². The lowest BCUT2D eigenvalue weighted by atomic mass is 9.84. The van der Waals surface area contributed by atoms with E-state index in [0.717, 1.165) is 25.8 Å². The van der Waals surface area contributed by atoms with E-state index in [9.17, 15) is 4.79 Å². The van der Waals surface area contributed by atoms with Crippen LogP contribution >= 0.6 is 0 Å². The van der Waals surface area contributed by atoms with E-state index < -0.39 is 0 Å². The van der Waals surface area contributed by atoms with Crippen LogP contribution in [0, 0.1) is 11.8 Å². The van der Waals surface area contributed by atoms with E-state index in [1.165, 1.54) is 19.3 Å². The molecule has 15 heavy (non-hydrogen) atoms. The molecule has 0 amide bonds. The van der Waals surface area contributed by atoms with Crippen molar-refractivity contribution >= 4 is 5.78 Å². The number of Topliss-reactive ketones (excluding diaryl/α,β-unsaturated/α-hetero) is 1. The van der Waals surface area contributed by atoms with Crippen LogP contribution in [-0.4, -0.2) is 29.3 Å². The van der Waals surface area contributed by atoms with Gasteiger partial charge in [-0.1, -0.05) is 6.42 Å². The van der Waals surface area contributed by atoms with Crippen molar-refractivity contribution in [1.82, 2.24) is 4.90 Å². The van der Waals surface area contributed by atoms with Gasteiger partial charge in [-0.2, -0.15) is 0 Å². The van der Waals surface area contributed by atoms with Crippen LogP contribution in [0.15, 0.2) is 0 Å². The molecule has 0 saturated carbocycles. The number of piperidine rings is 2. The van der Waals surface area contributed by atoms with E-state index >= 15 is 0 Å². The maximum atomic E-state index is 11.5. The summed E-state index contributed by atoms with van der Waals surface area (Å²) >= 11 is 0. The van der Waals surface area contributed by atoms with Crippen molar-refractivity contribution in [3.05, 3.63) is 0 Å². The average Bonchev–Trinajstić information content (AvgIpc) is 2.19. The Hall–Kier alpha value is -0.810. The van der Waals surface area contributed by atoms with Crippen molar-refractivity contribution < 1.29 is 4.79 Å². The third-order valence-electron chi connectivity index (χ3n) is 3.61. The molecule has 2 bridgehead atoms. The van der Waals surface area contributed by atoms with Crippen molar-refractivity contribution in [1.29, 1.82) is 0 Å². The van der Waals surface area contributed by atoms with Gasteiger partial charge < -0.3 is 0 Å². The summed E-state index contributed by atoms with van der Waals surface area (Å²) in [4.78, 5) is 14.0. The molecule has 2 nitrogen and oxygen atoms in total. The molecule has 2 heterocycles. The van der Waals surface area contributed by atoms with Gasteiger partial charge in [0, 0.05) is 37.9 Å². The predicted octanol–water partition coefficient (Wildman–Crippen LogP) is 1.99. The van der Waals surface area contributed by atoms with E-state index in [0.29, 0.717) is 17.9 Å². The second kappa shape index (κ2) is 4.81. The van der Waals surface area contributed by atoms with Crippen LogP contribution in [0.2, 0.25) is 0 Å². The Morgan fingerprint density at radius 1 is 1.33 bits per heavy atom. The predicted molar refractivity (Wildman–Crippen MR) is 60.4 cm³/mol.